The number of halogens is 1. The lowest BCUT2D eigenvalue weighted by Crippen LogP contribution is -2.11. The molecule has 2 aromatic carbocycles. The van der Waals surface area contributed by atoms with Crippen LogP contribution in [-0.4, -0.2) is 20.0 Å². The summed E-state index contributed by atoms with van der Waals surface area (Å²) in [4.78, 5) is 9.21. The van der Waals surface area contributed by atoms with Crippen molar-refractivity contribution in [2.45, 2.75) is 11.3 Å². The van der Waals surface area contributed by atoms with Crippen LogP contribution in [0.15, 0.2) is 65.7 Å². The van der Waals surface area contributed by atoms with Gasteiger partial charge in [-0.05, 0) is 47.8 Å². The molecule has 5 nitrogen and oxygen atoms in total. The number of hydrogen-bond donors (Lipinski definition) is 2. The van der Waals surface area contributed by atoms with Gasteiger partial charge < -0.3 is 5.32 Å². The second-order valence-electron chi connectivity index (χ2n) is 5.52. The summed E-state index contributed by atoms with van der Waals surface area (Å²) in [6, 6.07) is 16.4. The van der Waals surface area contributed by atoms with Crippen molar-refractivity contribution in [1.29, 1.82) is 0 Å². The zero-order chi connectivity index (χ0) is 17.9. The number of nitrogens with zero attached hydrogens (tertiary/aromatic N) is 2. The first-order valence-corrected chi connectivity index (χ1v) is 9.66. The monoisotopic (exact) mass is 372 g/mol. The number of nitrogens with two attached hydrogens (primary N) is 1. The molecule has 0 saturated heterocycles. The van der Waals surface area contributed by atoms with Gasteiger partial charge in [0, 0.05) is 28.2 Å². The second-order valence-corrected chi connectivity index (χ2v) is 7.85. The zero-order valence-electron chi connectivity index (χ0n) is 13.4. The fraction of sp³-hybridized carbons (Fsp3) is 0.0556. The van der Waals surface area contributed by atoms with E-state index in [1.807, 2.05) is 30.3 Å². The zero-order valence-corrected chi connectivity index (χ0v) is 14.9. The Kier molecular flexibility index (Phi) is 5.03. The molecule has 0 aliphatic carbocycles. The molecule has 0 aliphatic rings. The third kappa shape index (κ3) is 4.57. The van der Waals surface area contributed by atoms with Crippen molar-refractivity contribution in [1.82, 2.24) is 9.97 Å². The highest BCUT2D eigenvalue weighted by atomic mass is 35.5. The van der Waals surface area contributed by atoms with Crippen LogP contribution in [0.25, 0.3) is 0 Å². The molecule has 25 heavy (non-hydrogen) atoms. The van der Waals surface area contributed by atoms with Crippen molar-refractivity contribution in [2.24, 2.45) is 5.14 Å². The molecule has 1 atom stereocenters. The van der Waals surface area contributed by atoms with Crippen LogP contribution in [0.3, 0.4) is 0 Å². The summed E-state index contributed by atoms with van der Waals surface area (Å²) in [7, 11) is -2.71. The van der Waals surface area contributed by atoms with Crippen molar-refractivity contribution in [3.05, 3.63) is 77.1 Å². The van der Waals surface area contributed by atoms with Gasteiger partial charge in [-0.25, -0.2) is 14.2 Å². The first kappa shape index (κ1) is 17.4. The van der Waals surface area contributed by atoms with Crippen LogP contribution in [0.5, 0.6) is 0 Å². The Balaban J connectivity index is 1.77. The molecule has 1 heterocycles. The molecule has 0 bridgehead atoms. The van der Waals surface area contributed by atoms with E-state index in [0.29, 0.717) is 22.3 Å². The van der Waals surface area contributed by atoms with Crippen LogP contribution in [-0.2, 0) is 16.1 Å². The molecule has 3 aromatic rings. The van der Waals surface area contributed by atoms with E-state index in [1.54, 1.807) is 30.5 Å². The minimum Gasteiger partial charge on any atom is -0.324 e. The van der Waals surface area contributed by atoms with E-state index in [1.165, 1.54) is 0 Å². The molecule has 0 fully saturated rings. The fourth-order valence-electron chi connectivity index (χ4n) is 2.29. The number of benzene rings is 2. The molecule has 1 aromatic heterocycles. The van der Waals surface area contributed by atoms with E-state index in [9.17, 15) is 4.21 Å². The predicted molar refractivity (Wildman–Crippen MR) is 104 cm³/mol. The highest BCUT2D eigenvalue weighted by molar-refractivity contribution is 7.98. The molecule has 0 spiro atoms. The van der Waals surface area contributed by atoms with Gasteiger partial charge in [-0.2, -0.15) is 0 Å². The fourth-order valence-corrected chi connectivity index (χ4v) is 3.09. The molecule has 7 heteroatoms. The van der Waals surface area contributed by atoms with Gasteiger partial charge in [0.25, 0.3) is 0 Å². The van der Waals surface area contributed by atoms with Gasteiger partial charge >= 0.3 is 0 Å². The summed E-state index contributed by atoms with van der Waals surface area (Å²) in [5, 5.41) is 9.35. The Morgan fingerprint density at radius 3 is 2.52 bits per heavy atom. The van der Waals surface area contributed by atoms with Gasteiger partial charge in [0.2, 0.25) is 5.95 Å². The van der Waals surface area contributed by atoms with Crippen LogP contribution in [0.1, 0.15) is 11.3 Å². The van der Waals surface area contributed by atoms with E-state index in [2.05, 4.69) is 21.2 Å². The van der Waals surface area contributed by atoms with E-state index in [4.69, 9.17) is 16.7 Å². The number of aromatic nitrogens is 2. The van der Waals surface area contributed by atoms with Crippen LogP contribution < -0.4 is 10.5 Å². The molecular weight excluding hydrogens is 356 g/mol. The van der Waals surface area contributed by atoms with Crippen LogP contribution in [0.4, 0.5) is 11.6 Å². The van der Waals surface area contributed by atoms with Crippen LogP contribution in [0, 0.1) is 0 Å². The summed E-state index contributed by atoms with van der Waals surface area (Å²) in [5.74, 6) is 3.94. The third-order valence-corrected chi connectivity index (χ3v) is 4.99. The van der Waals surface area contributed by atoms with Gasteiger partial charge in [0.1, 0.15) is 0 Å². The van der Waals surface area contributed by atoms with Crippen molar-refractivity contribution >= 4 is 38.8 Å². The van der Waals surface area contributed by atoms with Crippen molar-refractivity contribution in [3.8, 4) is 0 Å². The molecule has 128 valence electrons. The summed E-state index contributed by atoms with van der Waals surface area (Å²) in [6.45, 7) is 0. The van der Waals surface area contributed by atoms with E-state index in [-0.39, 0.29) is 0 Å². The predicted octanol–water partition coefficient (Wildman–Crippen LogP) is 3.41. The molecule has 0 amide bonds. The Morgan fingerprint density at radius 1 is 1.12 bits per heavy atom. The smallest absolute Gasteiger partial charge is 0.227 e. The molecule has 0 radical (unpaired) electrons. The Hall–Kier alpha value is -2.41. The second kappa shape index (κ2) is 7.23. The third-order valence-electron chi connectivity index (χ3n) is 3.55. The van der Waals surface area contributed by atoms with E-state index in [0.717, 1.165) is 16.9 Å². The number of rotatable bonds is 5. The highest BCUT2D eigenvalue weighted by Crippen LogP contribution is 2.20. The van der Waals surface area contributed by atoms with Crippen LogP contribution in [0.2, 0.25) is 5.02 Å². The van der Waals surface area contributed by atoms with Gasteiger partial charge in [0.05, 0.1) is 15.4 Å². The number of anilines is 2. The first-order valence-electron chi connectivity index (χ1n) is 7.49. The Labute approximate surface area is 152 Å². The van der Waals surface area contributed by atoms with Crippen molar-refractivity contribution in [2.75, 3.05) is 5.32 Å². The maximum Gasteiger partial charge on any atom is 0.227 e. The first-order chi connectivity index (χ1) is 11.9. The Bertz CT molecular complexity index is 988. The minimum atomic E-state index is -2.71. The van der Waals surface area contributed by atoms with Gasteiger partial charge in [-0.3, -0.25) is 5.14 Å². The van der Waals surface area contributed by atoms with E-state index >= 15 is 0 Å². The SMILES string of the molecule is C=S(N)(=O)c1ccc(Nc2nccc(Cc3ccccc3Cl)n2)cc1. The molecule has 1 unspecified atom stereocenters. The minimum absolute atomic E-state index is 0.473. The number of nitrogens with one attached hydrogen (secondary N) is 1. The topological polar surface area (TPSA) is 80.9 Å². The Morgan fingerprint density at radius 2 is 1.84 bits per heavy atom. The van der Waals surface area contributed by atoms with Gasteiger partial charge in [0.15, 0.2) is 0 Å². The lowest BCUT2D eigenvalue weighted by Gasteiger charge is -2.08. The summed E-state index contributed by atoms with van der Waals surface area (Å²) in [5.41, 5.74) is 2.62. The summed E-state index contributed by atoms with van der Waals surface area (Å²) >= 11 is 6.20. The lowest BCUT2D eigenvalue weighted by atomic mass is 10.1. The molecule has 3 N–H and O–H groups in total. The van der Waals surface area contributed by atoms with Crippen molar-refractivity contribution < 1.29 is 4.21 Å². The molecular formula is C18H17ClN4OS. The summed E-state index contributed by atoms with van der Waals surface area (Å²) in [6.07, 6.45) is 2.31. The summed E-state index contributed by atoms with van der Waals surface area (Å²) < 4.78 is 11.7. The van der Waals surface area contributed by atoms with E-state index < -0.39 is 9.71 Å². The lowest BCUT2D eigenvalue weighted by molar-refractivity contribution is 0.682. The van der Waals surface area contributed by atoms with Crippen molar-refractivity contribution in [3.63, 3.8) is 0 Å². The standard InChI is InChI=1S/C18H17ClN4OS/c1-25(20,24)16-8-6-14(7-9-16)22-18-21-11-10-15(23-18)12-13-4-2-3-5-17(13)19/h2-11H,1,12H2,(H2,20,24)(H,21,22,23). The van der Waals surface area contributed by atoms with Crippen LogP contribution >= 0.6 is 11.6 Å². The molecule has 0 aliphatic heterocycles. The largest absolute Gasteiger partial charge is 0.324 e. The van der Waals surface area contributed by atoms with Gasteiger partial charge in [-0.1, -0.05) is 29.8 Å². The normalized spacial score (nSPS) is 13.2. The number of hydrogen-bond acceptors (Lipinski definition) is 4. The average molecular weight is 373 g/mol. The quantitative estimate of drug-likeness (QED) is 0.672. The highest BCUT2D eigenvalue weighted by Gasteiger charge is 2.05. The molecule has 3 rings (SSSR count). The van der Waals surface area contributed by atoms with Gasteiger partial charge in [-0.15, -0.1) is 0 Å². The molecule has 0 saturated carbocycles. The maximum atomic E-state index is 11.7. The maximum absolute atomic E-state index is 11.7. The average Bonchev–Trinajstić information content (AvgIpc) is 2.57.